The van der Waals surface area contributed by atoms with Gasteiger partial charge in [-0.25, -0.2) is 0 Å². The first-order valence-corrected chi connectivity index (χ1v) is 7.65. The van der Waals surface area contributed by atoms with Crippen molar-refractivity contribution in [1.29, 1.82) is 5.26 Å². The quantitative estimate of drug-likeness (QED) is 0.715. The third-order valence-corrected chi connectivity index (χ3v) is 4.24. The third kappa shape index (κ3) is 4.09. The molecule has 2 rings (SSSR count). The van der Waals surface area contributed by atoms with Crippen LogP contribution in [0.2, 0.25) is 0 Å². The second-order valence-corrected chi connectivity index (χ2v) is 6.18. The van der Waals surface area contributed by atoms with Crippen LogP contribution in [-0.4, -0.2) is 24.2 Å². The van der Waals surface area contributed by atoms with Crippen LogP contribution < -0.4 is 0 Å². The van der Waals surface area contributed by atoms with E-state index in [1.54, 1.807) is 32.3 Å². The van der Waals surface area contributed by atoms with E-state index in [1.165, 1.54) is 29.2 Å². The van der Waals surface area contributed by atoms with Crippen molar-refractivity contribution in [2.45, 2.75) is 11.1 Å². The Morgan fingerprint density at radius 1 is 1.12 bits per heavy atom. The zero-order valence-corrected chi connectivity index (χ0v) is 13.7. The maximum atomic E-state index is 13.2. The van der Waals surface area contributed by atoms with Crippen molar-refractivity contribution in [3.63, 3.8) is 0 Å². The number of benzene rings is 2. The number of nitrogens with zero attached hydrogens (tertiary/aromatic N) is 2. The van der Waals surface area contributed by atoms with Gasteiger partial charge in [0, 0.05) is 19.0 Å². The van der Waals surface area contributed by atoms with Crippen molar-refractivity contribution in [3.8, 4) is 17.2 Å². The fraction of sp³-hybridized carbons (Fsp3) is 0.176. The molecule has 0 atom stereocenters. The van der Waals surface area contributed by atoms with Gasteiger partial charge in [0.1, 0.15) is 0 Å². The number of rotatable bonds is 2. The summed E-state index contributed by atoms with van der Waals surface area (Å²) >= 11 is 0.993. The van der Waals surface area contributed by atoms with Gasteiger partial charge in [-0.2, -0.15) is 18.4 Å². The summed E-state index contributed by atoms with van der Waals surface area (Å²) in [6.07, 6.45) is -4.56. The molecular formula is C17H13F3N2OS. The van der Waals surface area contributed by atoms with Crippen LogP contribution >= 0.6 is 11.8 Å². The van der Waals surface area contributed by atoms with Crippen molar-refractivity contribution in [2.75, 3.05) is 14.1 Å². The zero-order valence-electron chi connectivity index (χ0n) is 12.9. The van der Waals surface area contributed by atoms with Gasteiger partial charge in [0.15, 0.2) is 0 Å². The van der Waals surface area contributed by atoms with E-state index in [0.717, 1.165) is 17.8 Å². The Labute approximate surface area is 141 Å². The number of amides is 1. The van der Waals surface area contributed by atoms with Gasteiger partial charge < -0.3 is 4.90 Å². The van der Waals surface area contributed by atoms with Gasteiger partial charge in [-0.05, 0) is 47.2 Å². The molecule has 0 N–H and O–H groups in total. The summed E-state index contributed by atoms with van der Waals surface area (Å²) < 4.78 is 39.7. The molecule has 0 aromatic heterocycles. The molecule has 7 heteroatoms. The molecule has 0 radical (unpaired) electrons. The van der Waals surface area contributed by atoms with E-state index in [-0.39, 0.29) is 16.4 Å². The predicted molar refractivity (Wildman–Crippen MR) is 86.5 cm³/mol. The van der Waals surface area contributed by atoms with E-state index >= 15 is 0 Å². The molecule has 0 heterocycles. The monoisotopic (exact) mass is 350 g/mol. The van der Waals surface area contributed by atoms with Gasteiger partial charge in [-0.3, -0.25) is 4.79 Å². The minimum atomic E-state index is -4.56. The largest absolute Gasteiger partial charge is 0.417 e. The van der Waals surface area contributed by atoms with Crippen LogP contribution in [0.1, 0.15) is 11.1 Å². The lowest BCUT2D eigenvalue weighted by molar-refractivity contribution is -0.137. The number of thioether (sulfide) groups is 1. The summed E-state index contributed by atoms with van der Waals surface area (Å²) in [7, 11) is 3.24. The fourth-order valence-electron chi connectivity index (χ4n) is 1.99. The Balaban J connectivity index is 2.39. The topological polar surface area (TPSA) is 44.1 Å². The fourth-order valence-corrected chi connectivity index (χ4v) is 2.65. The van der Waals surface area contributed by atoms with E-state index in [4.69, 9.17) is 5.26 Å². The van der Waals surface area contributed by atoms with E-state index in [9.17, 15) is 18.0 Å². The second-order valence-electron chi connectivity index (χ2n) is 5.16. The van der Waals surface area contributed by atoms with Gasteiger partial charge in [-0.1, -0.05) is 18.2 Å². The molecule has 3 nitrogen and oxygen atoms in total. The number of nitriles is 1. The Hall–Kier alpha value is -2.46. The maximum absolute atomic E-state index is 13.2. The lowest BCUT2D eigenvalue weighted by Gasteiger charge is -2.14. The van der Waals surface area contributed by atoms with Gasteiger partial charge in [-0.15, -0.1) is 0 Å². The van der Waals surface area contributed by atoms with Crippen LogP contribution in [0, 0.1) is 11.3 Å². The van der Waals surface area contributed by atoms with E-state index < -0.39 is 11.7 Å². The molecule has 0 unspecified atom stereocenters. The molecule has 2 aromatic carbocycles. The van der Waals surface area contributed by atoms with Gasteiger partial charge in [0.05, 0.1) is 17.2 Å². The Kier molecular flexibility index (Phi) is 5.20. The molecule has 0 bridgehead atoms. The van der Waals surface area contributed by atoms with E-state index in [0.29, 0.717) is 10.5 Å². The van der Waals surface area contributed by atoms with E-state index in [2.05, 4.69) is 0 Å². The SMILES string of the molecule is CN(C)C(=O)Sc1ccc(-c2ccc(C#N)cc2C(F)(F)F)cc1. The number of carbonyl (C=O) groups is 1. The molecule has 0 aliphatic carbocycles. The van der Waals surface area contributed by atoms with Gasteiger partial charge in [0.25, 0.3) is 5.24 Å². The highest BCUT2D eigenvalue weighted by Gasteiger charge is 2.34. The Morgan fingerprint density at radius 3 is 2.25 bits per heavy atom. The molecule has 0 aliphatic rings. The Morgan fingerprint density at radius 2 is 1.75 bits per heavy atom. The standard InChI is InChI=1S/C17H13F3N2OS/c1-22(2)16(23)24-13-6-4-12(5-7-13)14-8-3-11(10-21)9-15(14)17(18,19)20/h3-9H,1-2H3. The number of alkyl halides is 3. The predicted octanol–water partition coefficient (Wildman–Crippen LogP) is 5.02. The molecule has 24 heavy (non-hydrogen) atoms. The van der Waals surface area contributed by atoms with Crippen LogP contribution in [0.4, 0.5) is 18.0 Å². The smallest absolute Gasteiger partial charge is 0.339 e. The number of halogens is 3. The first-order chi connectivity index (χ1) is 11.2. The van der Waals surface area contributed by atoms with Crippen LogP contribution in [0.15, 0.2) is 47.4 Å². The minimum absolute atomic E-state index is 0.00279. The molecular weight excluding hydrogens is 337 g/mol. The molecule has 0 aliphatic heterocycles. The summed E-state index contributed by atoms with van der Waals surface area (Å²) in [5, 5.41) is 8.63. The van der Waals surface area contributed by atoms with Crippen molar-refractivity contribution in [1.82, 2.24) is 4.90 Å². The van der Waals surface area contributed by atoms with Crippen molar-refractivity contribution >= 4 is 17.0 Å². The number of hydrogen-bond acceptors (Lipinski definition) is 3. The highest BCUT2D eigenvalue weighted by atomic mass is 32.2. The summed E-state index contributed by atoms with van der Waals surface area (Å²) in [5.41, 5.74) is -0.536. The molecule has 0 spiro atoms. The van der Waals surface area contributed by atoms with Crippen LogP contribution in [0.3, 0.4) is 0 Å². The molecule has 1 amide bonds. The van der Waals surface area contributed by atoms with E-state index in [1.807, 2.05) is 0 Å². The van der Waals surface area contributed by atoms with Crippen LogP contribution in [0.5, 0.6) is 0 Å². The molecule has 124 valence electrons. The van der Waals surface area contributed by atoms with Crippen LogP contribution in [-0.2, 0) is 6.18 Å². The second kappa shape index (κ2) is 6.97. The number of hydrogen-bond donors (Lipinski definition) is 0. The molecule has 2 aromatic rings. The normalized spacial score (nSPS) is 11.0. The van der Waals surface area contributed by atoms with Gasteiger partial charge >= 0.3 is 6.18 Å². The highest BCUT2D eigenvalue weighted by molar-refractivity contribution is 8.13. The maximum Gasteiger partial charge on any atom is 0.417 e. The minimum Gasteiger partial charge on any atom is -0.339 e. The zero-order chi connectivity index (χ0) is 17.9. The first kappa shape index (κ1) is 17.9. The van der Waals surface area contributed by atoms with Crippen molar-refractivity contribution in [2.24, 2.45) is 0 Å². The summed E-state index contributed by atoms with van der Waals surface area (Å²) in [6, 6.07) is 11.4. The highest BCUT2D eigenvalue weighted by Crippen LogP contribution is 2.38. The molecule has 0 saturated heterocycles. The van der Waals surface area contributed by atoms with Crippen molar-refractivity contribution < 1.29 is 18.0 Å². The summed E-state index contributed by atoms with van der Waals surface area (Å²) in [4.78, 5) is 13.7. The van der Waals surface area contributed by atoms with Gasteiger partial charge in [0.2, 0.25) is 0 Å². The average molecular weight is 350 g/mol. The summed E-state index contributed by atoms with van der Waals surface area (Å²) in [6.45, 7) is 0. The number of carbonyl (C=O) groups excluding carboxylic acids is 1. The lowest BCUT2D eigenvalue weighted by atomic mass is 9.97. The van der Waals surface area contributed by atoms with Crippen LogP contribution in [0.25, 0.3) is 11.1 Å². The third-order valence-electron chi connectivity index (χ3n) is 3.19. The lowest BCUT2D eigenvalue weighted by Crippen LogP contribution is -2.15. The average Bonchev–Trinajstić information content (AvgIpc) is 2.54. The van der Waals surface area contributed by atoms with Crippen molar-refractivity contribution in [3.05, 3.63) is 53.6 Å². The molecule has 0 fully saturated rings. The Bertz CT molecular complexity index is 793. The summed E-state index contributed by atoms with van der Waals surface area (Å²) in [5.74, 6) is 0. The molecule has 0 saturated carbocycles. The first-order valence-electron chi connectivity index (χ1n) is 6.83.